The van der Waals surface area contributed by atoms with Gasteiger partial charge in [-0.1, -0.05) is 0 Å². The summed E-state index contributed by atoms with van der Waals surface area (Å²) in [5, 5.41) is 8.74. The molecule has 1 aromatic heterocycles. The third kappa shape index (κ3) is 2.39. The van der Waals surface area contributed by atoms with Crippen LogP contribution >= 0.6 is 11.6 Å². The second-order valence-electron chi connectivity index (χ2n) is 3.94. The number of carboxylic acid groups (broad SMARTS) is 1. The standard InChI is InChI=1S/C11H11ClN2O3/c12-4-7-3-10(15)14(6-7)9-2-1-8(5-13-9)11(16)17/h1-2,5,7H,3-4,6H2,(H,16,17). The molecular weight excluding hydrogens is 244 g/mol. The lowest BCUT2D eigenvalue weighted by atomic mass is 10.1. The highest BCUT2D eigenvalue weighted by Gasteiger charge is 2.30. The summed E-state index contributed by atoms with van der Waals surface area (Å²) in [7, 11) is 0. The number of halogens is 1. The average molecular weight is 255 g/mol. The van der Waals surface area contributed by atoms with Gasteiger partial charge in [0.1, 0.15) is 5.82 Å². The van der Waals surface area contributed by atoms with Crippen LogP contribution in [0.5, 0.6) is 0 Å². The van der Waals surface area contributed by atoms with Gasteiger partial charge < -0.3 is 5.11 Å². The molecule has 1 atom stereocenters. The highest BCUT2D eigenvalue weighted by molar-refractivity contribution is 6.18. The summed E-state index contributed by atoms with van der Waals surface area (Å²) >= 11 is 5.72. The maximum atomic E-state index is 11.7. The van der Waals surface area contributed by atoms with Gasteiger partial charge in [0.15, 0.2) is 0 Å². The Morgan fingerprint density at radius 2 is 2.35 bits per heavy atom. The highest BCUT2D eigenvalue weighted by atomic mass is 35.5. The van der Waals surface area contributed by atoms with Crippen molar-refractivity contribution in [1.82, 2.24) is 4.98 Å². The molecule has 1 N–H and O–H groups in total. The molecule has 1 fully saturated rings. The van der Waals surface area contributed by atoms with Crippen molar-refractivity contribution in [3.05, 3.63) is 23.9 Å². The number of nitrogens with zero attached hydrogens (tertiary/aromatic N) is 2. The number of hydrogen-bond donors (Lipinski definition) is 1. The third-order valence-corrected chi connectivity index (χ3v) is 3.13. The minimum Gasteiger partial charge on any atom is -0.478 e. The van der Waals surface area contributed by atoms with E-state index in [4.69, 9.17) is 16.7 Å². The molecule has 0 spiro atoms. The number of amides is 1. The summed E-state index contributed by atoms with van der Waals surface area (Å²) in [6.07, 6.45) is 1.67. The molecule has 6 heteroatoms. The van der Waals surface area contributed by atoms with E-state index in [1.165, 1.54) is 18.3 Å². The normalized spacial score (nSPS) is 19.7. The molecule has 1 aromatic rings. The van der Waals surface area contributed by atoms with Gasteiger partial charge in [-0.05, 0) is 18.1 Å². The number of carbonyl (C=O) groups is 2. The maximum absolute atomic E-state index is 11.7. The maximum Gasteiger partial charge on any atom is 0.337 e. The number of rotatable bonds is 3. The molecule has 0 aliphatic carbocycles. The van der Waals surface area contributed by atoms with Gasteiger partial charge >= 0.3 is 5.97 Å². The molecule has 0 saturated carbocycles. The monoisotopic (exact) mass is 254 g/mol. The summed E-state index contributed by atoms with van der Waals surface area (Å²) in [4.78, 5) is 27.9. The van der Waals surface area contributed by atoms with E-state index in [0.29, 0.717) is 24.7 Å². The van der Waals surface area contributed by atoms with Crippen molar-refractivity contribution < 1.29 is 14.7 Å². The van der Waals surface area contributed by atoms with Crippen LogP contribution in [0.1, 0.15) is 16.8 Å². The van der Waals surface area contributed by atoms with Gasteiger partial charge in [-0.3, -0.25) is 9.69 Å². The fourth-order valence-corrected chi connectivity index (χ4v) is 1.99. The van der Waals surface area contributed by atoms with Gasteiger partial charge in [-0.2, -0.15) is 0 Å². The quantitative estimate of drug-likeness (QED) is 0.827. The summed E-state index contributed by atoms with van der Waals surface area (Å²) in [5.74, 6) is 0.00881. The first-order chi connectivity index (χ1) is 8.11. The summed E-state index contributed by atoms with van der Waals surface area (Å²) < 4.78 is 0. The molecule has 1 aliphatic heterocycles. The van der Waals surface area contributed by atoms with Crippen LogP contribution in [0.25, 0.3) is 0 Å². The molecule has 17 heavy (non-hydrogen) atoms. The predicted molar refractivity (Wildman–Crippen MR) is 62.4 cm³/mol. The number of aromatic nitrogens is 1. The van der Waals surface area contributed by atoms with E-state index in [0.717, 1.165) is 0 Å². The van der Waals surface area contributed by atoms with E-state index in [1.54, 1.807) is 4.90 Å². The van der Waals surface area contributed by atoms with Gasteiger partial charge in [0.05, 0.1) is 5.56 Å². The molecule has 0 radical (unpaired) electrons. The van der Waals surface area contributed by atoms with Crippen molar-refractivity contribution in [2.75, 3.05) is 17.3 Å². The zero-order valence-corrected chi connectivity index (χ0v) is 9.72. The highest BCUT2D eigenvalue weighted by Crippen LogP contribution is 2.24. The SMILES string of the molecule is O=C(O)c1ccc(N2CC(CCl)CC2=O)nc1. The van der Waals surface area contributed by atoms with Crippen molar-refractivity contribution >= 4 is 29.3 Å². The molecule has 1 amide bonds. The number of aromatic carboxylic acids is 1. The predicted octanol–water partition coefficient (Wildman–Crippen LogP) is 1.37. The summed E-state index contributed by atoms with van der Waals surface area (Å²) in [6.45, 7) is 0.543. The zero-order chi connectivity index (χ0) is 12.4. The van der Waals surface area contributed by atoms with Gasteiger partial charge in [-0.15, -0.1) is 11.6 Å². The van der Waals surface area contributed by atoms with E-state index in [2.05, 4.69) is 4.98 Å². The molecular formula is C11H11ClN2O3. The van der Waals surface area contributed by atoms with Crippen LogP contribution in [0.4, 0.5) is 5.82 Å². The van der Waals surface area contributed by atoms with Gasteiger partial charge in [0.25, 0.3) is 0 Å². The first-order valence-electron chi connectivity index (χ1n) is 5.17. The van der Waals surface area contributed by atoms with Crippen LogP contribution in [-0.4, -0.2) is 34.4 Å². The Bertz CT molecular complexity index is 447. The van der Waals surface area contributed by atoms with Crippen LogP contribution in [0.2, 0.25) is 0 Å². The Balaban J connectivity index is 2.18. The Morgan fingerprint density at radius 3 is 2.82 bits per heavy atom. The second-order valence-corrected chi connectivity index (χ2v) is 4.25. The first-order valence-corrected chi connectivity index (χ1v) is 5.71. The molecule has 1 aliphatic rings. The van der Waals surface area contributed by atoms with Crippen molar-refractivity contribution in [3.8, 4) is 0 Å². The summed E-state index contributed by atoms with van der Waals surface area (Å²) in [6, 6.07) is 2.98. The summed E-state index contributed by atoms with van der Waals surface area (Å²) in [5.41, 5.74) is 0.106. The van der Waals surface area contributed by atoms with Crippen molar-refractivity contribution in [2.45, 2.75) is 6.42 Å². The minimum atomic E-state index is -1.03. The van der Waals surface area contributed by atoms with Crippen LogP contribution < -0.4 is 4.90 Å². The van der Waals surface area contributed by atoms with E-state index in [1.807, 2.05) is 0 Å². The lowest BCUT2D eigenvalue weighted by molar-refractivity contribution is -0.117. The number of carbonyl (C=O) groups excluding carboxylic acids is 1. The fourth-order valence-electron chi connectivity index (χ4n) is 1.78. The van der Waals surface area contributed by atoms with Crippen LogP contribution in [0.3, 0.4) is 0 Å². The van der Waals surface area contributed by atoms with Crippen molar-refractivity contribution in [2.24, 2.45) is 5.92 Å². The van der Waals surface area contributed by atoms with Crippen LogP contribution in [0, 0.1) is 5.92 Å². The Hall–Kier alpha value is -1.62. The molecule has 5 nitrogen and oxygen atoms in total. The molecule has 0 bridgehead atoms. The largest absolute Gasteiger partial charge is 0.478 e. The van der Waals surface area contributed by atoms with Crippen LogP contribution in [0.15, 0.2) is 18.3 Å². The van der Waals surface area contributed by atoms with Gasteiger partial charge in [0, 0.05) is 25.0 Å². The second kappa shape index (κ2) is 4.71. The molecule has 2 heterocycles. The fraction of sp³-hybridized carbons (Fsp3) is 0.364. The van der Waals surface area contributed by atoms with Gasteiger partial charge in [-0.25, -0.2) is 9.78 Å². The van der Waals surface area contributed by atoms with Gasteiger partial charge in [0.2, 0.25) is 5.91 Å². The Morgan fingerprint density at radius 1 is 1.59 bits per heavy atom. The van der Waals surface area contributed by atoms with Crippen LogP contribution in [-0.2, 0) is 4.79 Å². The number of alkyl halides is 1. The Labute approximate surface area is 103 Å². The number of carboxylic acids is 1. The van der Waals surface area contributed by atoms with Crippen molar-refractivity contribution in [3.63, 3.8) is 0 Å². The van der Waals surface area contributed by atoms with E-state index < -0.39 is 5.97 Å². The Kier molecular flexibility index (Phi) is 3.28. The minimum absolute atomic E-state index is 0.0220. The lowest BCUT2D eigenvalue weighted by Gasteiger charge is -2.14. The van der Waals surface area contributed by atoms with Crippen molar-refractivity contribution in [1.29, 1.82) is 0 Å². The third-order valence-electron chi connectivity index (χ3n) is 2.69. The molecule has 2 rings (SSSR count). The molecule has 1 unspecified atom stereocenters. The zero-order valence-electron chi connectivity index (χ0n) is 8.97. The topological polar surface area (TPSA) is 70.5 Å². The van der Waals surface area contributed by atoms with E-state index in [-0.39, 0.29) is 17.4 Å². The van der Waals surface area contributed by atoms with E-state index in [9.17, 15) is 9.59 Å². The first kappa shape index (κ1) is 11.9. The lowest BCUT2D eigenvalue weighted by Crippen LogP contribution is -2.25. The molecule has 1 saturated heterocycles. The average Bonchev–Trinajstić information content (AvgIpc) is 2.71. The number of anilines is 1. The smallest absolute Gasteiger partial charge is 0.337 e. The molecule has 90 valence electrons. The number of hydrogen-bond acceptors (Lipinski definition) is 3. The number of pyridine rings is 1. The molecule has 0 aromatic carbocycles. The van der Waals surface area contributed by atoms with E-state index >= 15 is 0 Å².